The largest absolute Gasteiger partial charge is 0.313 e. The second-order valence-corrected chi connectivity index (χ2v) is 6.56. The first-order valence-electron chi connectivity index (χ1n) is 7.36. The molecule has 0 aliphatic heterocycles. The summed E-state index contributed by atoms with van der Waals surface area (Å²) in [5.41, 5.74) is 0.512. The zero-order chi connectivity index (χ0) is 13.1. The molecule has 2 nitrogen and oxygen atoms in total. The quantitative estimate of drug-likeness (QED) is 0.793. The number of hydrogen-bond donors (Lipinski definition) is 1. The van der Waals surface area contributed by atoms with Crippen molar-refractivity contribution < 1.29 is 0 Å². The third-order valence-electron chi connectivity index (χ3n) is 4.63. The van der Waals surface area contributed by atoms with E-state index in [2.05, 4.69) is 51.9 Å². The first-order chi connectivity index (χ1) is 7.91. The molecule has 0 amide bonds. The van der Waals surface area contributed by atoms with Gasteiger partial charge < -0.3 is 5.32 Å². The predicted octanol–water partition coefficient (Wildman–Crippen LogP) is 3.27. The minimum Gasteiger partial charge on any atom is -0.313 e. The van der Waals surface area contributed by atoms with Crippen LogP contribution in [0.25, 0.3) is 0 Å². The molecule has 1 aliphatic rings. The standard InChI is InChI=1S/C15H32N2/c1-7-12(3)17(6)14-11-15(4,5)10-9-13(14)16-8-2/h12-14,16H,7-11H2,1-6H3. The summed E-state index contributed by atoms with van der Waals surface area (Å²) in [5.74, 6) is 0. The van der Waals surface area contributed by atoms with Crippen molar-refractivity contribution in [3.63, 3.8) is 0 Å². The van der Waals surface area contributed by atoms with Gasteiger partial charge in [0, 0.05) is 18.1 Å². The Morgan fingerprint density at radius 2 is 2.00 bits per heavy atom. The van der Waals surface area contributed by atoms with E-state index in [-0.39, 0.29) is 0 Å². The molecule has 1 rings (SSSR count). The zero-order valence-electron chi connectivity index (χ0n) is 12.7. The van der Waals surface area contributed by atoms with E-state index in [1.807, 2.05) is 0 Å². The molecule has 0 radical (unpaired) electrons. The van der Waals surface area contributed by atoms with Crippen molar-refractivity contribution in [2.75, 3.05) is 13.6 Å². The number of nitrogens with one attached hydrogen (secondary N) is 1. The van der Waals surface area contributed by atoms with Crippen LogP contribution in [0.15, 0.2) is 0 Å². The van der Waals surface area contributed by atoms with Crippen LogP contribution in [0.3, 0.4) is 0 Å². The molecule has 1 aliphatic carbocycles. The summed E-state index contributed by atoms with van der Waals surface area (Å²) in [4.78, 5) is 2.61. The van der Waals surface area contributed by atoms with E-state index in [0.717, 1.165) is 6.54 Å². The highest BCUT2D eigenvalue weighted by molar-refractivity contribution is 4.94. The summed E-state index contributed by atoms with van der Waals surface area (Å²) in [5, 5.41) is 3.69. The van der Waals surface area contributed by atoms with Gasteiger partial charge in [0.05, 0.1) is 0 Å². The van der Waals surface area contributed by atoms with Crippen LogP contribution in [0.1, 0.15) is 60.3 Å². The third kappa shape index (κ3) is 3.96. The Hall–Kier alpha value is -0.0800. The fraction of sp³-hybridized carbons (Fsp3) is 1.00. The molecule has 1 N–H and O–H groups in total. The summed E-state index contributed by atoms with van der Waals surface area (Å²) in [7, 11) is 2.31. The van der Waals surface area contributed by atoms with Crippen molar-refractivity contribution in [2.45, 2.75) is 78.4 Å². The van der Waals surface area contributed by atoms with Crippen LogP contribution in [0, 0.1) is 5.41 Å². The number of likely N-dealkylation sites (N-methyl/N-ethyl adjacent to an activating group) is 2. The van der Waals surface area contributed by atoms with Gasteiger partial charge in [0.1, 0.15) is 0 Å². The minimum atomic E-state index is 0.512. The third-order valence-corrected chi connectivity index (χ3v) is 4.63. The lowest BCUT2D eigenvalue weighted by molar-refractivity contribution is 0.0589. The molecular weight excluding hydrogens is 208 g/mol. The molecule has 2 heteroatoms. The van der Waals surface area contributed by atoms with Crippen molar-refractivity contribution in [3.05, 3.63) is 0 Å². The normalized spacial score (nSPS) is 30.5. The second-order valence-electron chi connectivity index (χ2n) is 6.56. The Morgan fingerprint density at radius 3 is 2.53 bits per heavy atom. The van der Waals surface area contributed by atoms with Crippen molar-refractivity contribution in [1.29, 1.82) is 0 Å². The molecule has 0 saturated heterocycles. The Kier molecular flexibility index (Phi) is 5.46. The summed E-state index contributed by atoms with van der Waals surface area (Å²) >= 11 is 0. The molecule has 0 aromatic rings. The van der Waals surface area contributed by atoms with Gasteiger partial charge in [-0.1, -0.05) is 27.7 Å². The molecule has 1 fully saturated rings. The number of rotatable bonds is 5. The van der Waals surface area contributed by atoms with Gasteiger partial charge in [-0.05, 0) is 51.6 Å². The first kappa shape index (κ1) is 15.0. The molecule has 3 unspecified atom stereocenters. The first-order valence-corrected chi connectivity index (χ1v) is 7.36. The fourth-order valence-corrected chi connectivity index (χ4v) is 3.09. The maximum Gasteiger partial charge on any atom is 0.0254 e. The molecule has 0 heterocycles. The second kappa shape index (κ2) is 6.19. The average Bonchev–Trinajstić information content (AvgIpc) is 2.29. The van der Waals surface area contributed by atoms with Gasteiger partial charge in [0.15, 0.2) is 0 Å². The molecule has 0 aromatic carbocycles. The van der Waals surface area contributed by atoms with E-state index < -0.39 is 0 Å². The molecule has 0 aromatic heterocycles. The van der Waals surface area contributed by atoms with Gasteiger partial charge in [-0.15, -0.1) is 0 Å². The van der Waals surface area contributed by atoms with Gasteiger partial charge in [0.25, 0.3) is 0 Å². The summed E-state index contributed by atoms with van der Waals surface area (Å²) in [6.45, 7) is 12.8. The summed E-state index contributed by atoms with van der Waals surface area (Å²) in [6, 6.07) is 2.08. The highest BCUT2D eigenvalue weighted by Crippen LogP contribution is 2.37. The molecule has 1 saturated carbocycles. The topological polar surface area (TPSA) is 15.3 Å². The highest BCUT2D eigenvalue weighted by atomic mass is 15.2. The Bertz CT molecular complexity index is 223. The Morgan fingerprint density at radius 1 is 1.35 bits per heavy atom. The molecule has 17 heavy (non-hydrogen) atoms. The van der Waals surface area contributed by atoms with Crippen LogP contribution >= 0.6 is 0 Å². The molecule has 0 bridgehead atoms. The fourth-order valence-electron chi connectivity index (χ4n) is 3.09. The summed E-state index contributed by atoms with van der Waals surface area (Å²) < 4.78 is 0. The minimum absolute atomic E-state index is 0.512. The van der Waals surface area contributed by atoms with E-state index in [0.29, 0.717) is 23.5 Å². The maximum absolute atomic E-state index is 3.69. The van der Waals surface area contributed by atoms with Crippen molar-refractivity contribution >= 4 is 0 Å². The number of hydrogen-bond acceptors (Lipinski definition) is 2. The van der Waals surface area contributed by atoms with Crippen LogP contribution in [-0.2, 0) is 0 Å². The van der Waals surface area contributed by atoms with Crippen LogP contribution in [0.5, 0.6) is 0 Å². The lowest BCUT2D eigenvalue weighted by atomic mass is 9.72. The monoisotopic (exact) mass is 240 g/mol. The lowest BCUT2D eigenvalue weighted by Gasteiger charge is -2.46. The molecular formula is C15H32N2. The highest BCUT2D eigenvalue weighted by Gasteiger charge is 2.37. The van der Waals surface area contributed by atoms with Crippen LogP contribution in [-0.4, -0.2) is 36.6 Å². The summed E-state index contributed by atoms with van der Waals surface area (Å²) in [6.07, 6.45) is 5.25. The maximum atomic E-state index is 3.69. The van der Waals surface area contributed by atoms with Crippen LogP contribution in [0.2, 0.25) is 0 Å². The van der Waals surface area contributed by atoms with E-state index in [1.54, 1.807) is 0 Å². The van der Waals surface area contributed by atoms with Gasteiger partial charge >= 0.3 is 0 Å². The van der Waals surface area contributed by atoms with E-state index in [9.17, 15) is 0 Å². The van der Waals surface area contributed by atoms with E-state index in [1.165, 1.54) is 25.7 Å². The van der Waals surface area contributed by atoms with Crippen molar-refractivity contribution in [2.24, 2.45) is 5.41 Å². The molecule has 102 valence electrons. The zero-order valence-corrected chi connectivity index (χ0v) is 12.7. The SMILES string of the molecule is CCNC1CCC(C)(C)CC1N(C)C(C)CC. The van der Waals surface area contributed by atoms with Crippen LogP contribution < -0.4 is 5.32 Å². The lowest BCUT2D eigenvalue weighted by Crippen LogP contribution is -2.55. The predicted molar refractivity (Wildman–Crippen MR) is 76.4 cm³/mol. The Labute approximate surface area is 108 Å². The van der Waals surface area contributed by atoms with Gasteiger partial charge in [-0.3, -0.25) is 4.90 Å². The van der Waals surface area contributed by atoms with Gasteiger partial charge in [0.2, 0.25) is 0 Å². The average molecular weight is 240 g/mol. The van der Waals surface area contributed by atoms with Gasteiger partial charge in [-0.25, -0.2) is 0 Å². The van der Waals surface area contributed by atoms with Crippen molar-refractivity contribution in [3.8, 4) is 0 Å². The van der Waals surface area contributed by atoms with E-state index >= 15 is 0 Å². The van der Waals surface area contributed by atoms with Gasteiger partial charge in [-0.2, -0.15) is 0 Å². The smallest absolute Gasteiger partial charge is 0.0254 e. The van der Waals surface area contributed by atoms with E-state index in [4.69, 9.17) is 0 Å². The Balaban J connectivity index is 2.72. The van der Waals surface area contributed by atoms with Crippen molar-refractivity contribution in [1.82, 2.24) is 10.2 Å². The van der Waals surface area contributed by atoms with Crippen LogP contribution in [0.4, 0.5) is 0 Å². The number of nitrogens with zero attached hydrogens (tertiary/aromatic N) is 1. The molecule has 0 spiro atoms. The molecule has 3 atom stereocenters.